The maximum Gasteiger partial charge on any atom is 0.310 e. The summed E-state index contributed by atoms with van der Waals surface area (Å²) in [6, 6.07) is 0. The Labute approximate surface area is 122 Å². The van der Waals surface area contributed by atoms with Gasteiger partial charge in [0.05, 0.1) is 19.2 Å². The van der Waals surface area contributed by atoms with Crippen molar-refractivity contribution in [3.8, 4) is 5.75 Å². The highest BCUT2D eigenvalue weighted by molar-refractivity contribution is 5.74. The third-order valence-corrected chi connectivity index (χ3v) is 2.63. The Kier molecular flexibility index (Phi) is 5.83. The highest BCUT2D eigenvalue weighted by Gasteiger charge is 2.19. The summed E-state index contributed by atoms with van der Waals surface area (Å²) in [6.07, 6.45) is 1.41. The number of esters is 3. The number of methoxy groups -OCH3 is 1. The van der Waals surface area contributed by atoms with Gasteiger partial charge in [0.2, 0.25) is 0 Å². The molecule has 0 spiro atoms. The number of hydrogen-bond acceptors (Lipinski definition) is 7. The number of aromatic nitrogens is 1. The second-order valence-electron chi connectivity index (χ2n) is 4.30. The molecule has 1 heterocycles. The number of aryl methyl sites for hydroxylation is 1. The molecule has 0 aliphatic rings. The highest BCUT2D eigenvalue weighted by atomic mass is 16.5. The summed E-state index contributed by atoms with van der Waals surface area (Å²) in [6.45, 7) is 4.05. The SMILES string of the molecule is COC(=O)Cc1cnc(C)c(OC(C)=O)c1COC(C)=O. The summed E-state index contributed by atoms with van der Waals surface area (Å²) in [5, 5.41) is 0. The van der Waals surface area contributed by atoms with Crippen LogP contribution in [0.25, 0.3) is 0 Å². The number of nitrogens with zero attached hydrogens (tertiary/aromatic N) is 1. The normalized spacial score (nSPS) is 9.90. The molecule has 0 bridgehead atoms. The lowest BCUT2D eigenvalue weighted by atomic mass is 10.1. The van der Waals surface area contributed by atoms with Gasteiger partial charge in [-0.05, 0) is 12.5 Å². The van der Waals surface area contributed by atoms with Crippen LogP contribution in [0.4, 0.5) is 0 Å². The summed E-state index contributed by atoms with van der Waals surface area (Å²) >= 11 is 0. The summed E-state index contributed by atoms with van der Waals surface area (Å²) in [7, 11) is 1.27. The van der Waals surface area contributed by atoms with Gasteiger partial charge in [-0.2, -0.15) is 0 Å². The number of rotatable bonds is 5. The Bertz CT molecular complexity index is 567. The molecule has 0 unspecified atom stereocenters. The second-order valence-corrected chi connectivity index (χ2v) is 4.30. The van der Waals surface area contributed by atoms with Crippen LogP contribution < -0.4 is 4.74 Å². The van der Waals surface area contributed by atoms with E-state index in [9.17, 15) is 14.4 Å². The third kappa shape index (κ3) is 4.87. The first-order chi connectivity index (χ1) is 9.85. The molecular weight excluding hydrogens is 278 g/mol. The Hall–Kier alpha value is -2.44. The molecule has 0 saturated heterocycles. The second kappa shape index (κ2) is 7.37. The van der Waals surface area contributed by atoms with E-state index >= 15 is 0 Å². The molecule has 0 aromatic carbocycles. The van der Waals surface area contributed by atoms with E-state index in [-0.39, 0.29) is 18.8 Å². The van der Waals surface area contributed by atoms with Crippen LogP contribution in [0, 0.1) is 6.92 Å². The largest absolute Gasteiger partial charge is 0.469 e. The molecule has 0 amide bonds. The van der Waals surface area contributed by atoms with Crippen molar-refractivity contribution in [1.82, 2.24) is 4.98 Å². The predicted molar refractivity (Wildman–Crippen MR) is 71.5 cm³/mol. The number of ether oxygens (including phenoxy) is 3. The zero-order valence-electron chi connectivity index (χ0n) is 12.4. The molecule has 114 valence electrons. The van der Waals surface area contributed by atoms with Crippen molar-refractivity contribution in [3.05, 3.63) is 23.0 Å². The van der Waals surface area contributed by atoms with Crippen molar-refractivity contribution < 1.29 is 28.6 Å². The van der Waals surface area contributed by atoms with Crippen LogP contribution in [0.2, 0.25) is 0 Å². The molecule has 0 N–H and O–H groups in total. The first-order valence-corrected chi connectivity index (χ1v) is 6.21. The van der Waals surface area contributed by atoms with E-state index in [1.807, 2.05) is 0 Å². The zero-order valence-corrected chi connectivity index (χ0v) is 12.4. The van der Waals surface area contributed by atoms with Crippen LogP contribution in [-0.4, -0.2) is 30.0 Å². The molecule has 0 aliphatic heterocycles. The van der Waals surface area contributed by atoms with E-state index in [4.69, 9.17) is 9.47 Å². The van der Waals surface area contributed by atoms with Crippen LogP contribution >= 0.6 is 0 Å². The average molecular weight is 295 g/mol. The van der Waals surface area contributed by atoms with E-state index in [1.165, 1.54) is 27.2 Å². The Balaban J connectivity index is 3.24. The molecule has 21 heavy (non-hydrogen) atoms. The number of carbonyl (C=O) groups is 3. The lowest BCUT2D eigenvalue weighted by Gasteiger charge is -2.15. The van der Waals surface area contributed by atoms with Gasteiger partial charge >= 0.3 is 17.9 Å². The lowest BCUT2D eigenvalue weighted by molar-refractivity contribution is -0.142. The summed E-state index contributed by atoms with van der Waals surface area (Å²) in [5.74, 6) is -1.29. The molecule has 0 aliphatic carbocycles. The standard InChI is InChI=1S/C14H17NO6/c1-8-14(21-10(3)17)12(7-20-9(2)16)11(6-15-8)5-13(18)19-4/h6H,5,7H2,1-4H3. The predicted octanol–water partition coefficient (Wildman–Crippen LogP) is 1.09. The summed E-state index contributed by atoms with van der Waals surface area (Å²) in [5.41, 5.74) is 1.37. The van der Waals surface area contributed by atoms with E-state index in [0.717, 1.165) is 0 Å². The molecule has 1 aromatic rings. The minimum absolute atomic E-state index is 0.0609. The summed E-state index contributed by atoms with van der Waals surface area (Å²) < 4.78 is 14.7. The monoisotopic (exact) mass is 295 g/mol. The van der Waals surface area contributed by atoms with Crippen molar-refractivity contribution in [1.29, 1.82) is 0 Å². The van der Waals surface area contributed by atoms with Crippen LogP contribution in [0.15, 0.2) is 6.20 Å². The minimum atomic E-state index is -0.529. The number of carbonyl (C=O) groups excluding carboxylic acids is 3. The first-order valence-electron chi connectivity index (χ1n) is 6.21. The molecule has 7 nitrogen and oxygen atoms in total. The Morgan fingerprint density at radius 3 is 2.38 bits per heavy atom. The van der Waals surface area contributed by atoms with E-state index in [1.54, 1.807) is 6.92 Å². The van der Waals surface area contributed by atoms with Gasteiger partial charge in [-0.1, -0.05) is 0 Å². The highest BCUT2D eigenvalue weighted by Crippen LogP contribution is 2.27. The number of hydrogen-bond donors (Lipinski definition) is 0. The fraction of sp³-hybridized carbons (Fsp3) is 0.429. The molecular formula is C14H17NO6. The van der Waals surface area contributed by atoms with Gasteiger partial charge in [-0.15, -0.1) is 0 Å². The lowest BCUT2D eigenvalue weighted by Crippen LogP contribution is -2.14. The Morgan fingerprint density at radius 1 is 1.19 bits per heavy atom. The quantitative estimate of drug-likeness (QED) is 0.751. The van der Waals surface area contributed by atoms with Gasteiger partial charge in [-0.3, -0.25) is 19.4 Å². The van der Waals surface area contributed by atoms with Gasteiger partial charge in [0, 0.05) is 25.6 Å². The van der Waals surface area contributed by atoms with Crippen molar-refractivity contribution in [2.45, 2.75) is 33.8 Å². The zero-order chi connectivity index (χ0) is 16.0. The van der Waals surface area contributed by atoms with Gasteiger partial charge in [0.15, 0.2) is 5.75 Å². The molecule has 7 heteroatoms. The Morgan fingerprint density at radius 2 is 1.86 bits per heavy atom. The summed E-state index contributed by atoms with van der Waals surface area (Å²) in [4.78, 5) is 37.7. The van der Waals surface area contributed by atoms with Crippen molar-refractivity contribution in [2.75, 3.05) is 7.11 Å². The van der Waals surface area contributed by atoms with Crippen molar-refractivity contribution >= 4 is 17.9 Å². The van der Waals surface area contributed by atoms with Crippen LogP contribution in [0.3, 0.4) is 0 Å². The molecule has 0 fully saturated rings. The molecule has 1 aromatic heterocycles. The van der Waals surface area contributed by atoms with Crippen molar-refractivity contribution in [3.63, 3.8) is 0 Å². The van der Waals surface area contributed by atoms with Crippen molar-refractivity contribution in [2.24, 2.45) is 0 Å². The molecule has 0 saturated carbocycles. The average Bonchev–Trinajstić information content (AvgIpc) is 2.40. The van der Waals surface area contributed by atoms with E-state index in [0.29, 0.717) is 16.8 Å². The molecule has 1 rings (SSSR count). The van der Waals surface area contributed by atoms with Gasteiger partial charge in [0.1, 0.15) is 6.61 Å². The van der Waals surface area contributed by atoms with Gasteiger partial charge in [0.25, 0.3) is 0 Å². The molecule has 0 atom stereocenters. The van der Waals surface area contributed by atoms with E-state index in [2.05, 4.69) is 9.72 Å². The van der Waals surface area contributed by atoms with Gasteiger partial charge in [-0.25, -0.2) is 0 Å². The fourth-order valence-corrected chi connectivity index (χ4v) is 1.67. The van der Waals surface area contributed by atoms with Crippen LogP contribution in [0.1, 0.15) is 30.7 Å². The minimum Gasteiger partial charge on any atom is -0.469 e. The smallest absolute Gasteiger partial charge is 0.310 e. The molecule has 0 radical (unpaired) electrons. The number of pyridine rings is 1. The fourth-order valence-electron chi connectivity index (χ4n) is 1.67. The third-order valence-electron chi connectivity index (χ3n) is 2.63. The topological polar surface area (TPSA) is 91.8 Å². The first kappa shape index (κ1) is 16.6. The maximum atomic E-state index is 11.4. The van der Waals surface area contributed by atoms with Crippen LogP contribution in [0.5, 0.6) is 5.75 Å². The van der Waals surface area contributed by atoms with Gasteiger partial charge < -0.3 is 14.2 Å². The maximum absolute atomic E-state index is 11.4. The van der Waals surface area contributed by atoms with E-state index < -0.39 is 17.9 Å². The van der Waals surface area contributed by atoms with Crippen LogP contribution in [-0.2, 0) is 36.9 Å².